The van der Waals surface area contributed by atoms with Gasteiger partial charge in [0.05, 0.1) is 0 Å². The van der Waals surface area contributed by atoms with Gasteiger partial charge >= 0.3 is 0 Å². The number of fused-ring (bicyclic) bond motifs is 2. The second-order valence-electron chi connectivity index (χ2n) is 9.04. The molecule has 0 bridgehead atoms. The van der Waals surface area contributed by atoms with E-state index in [1.54, 1.807) is 0 Å². The first-order valence-corrected chi connectivity index (χ1v) is 11.8. The summed E-state index contributed by atoms with van der Waals surface area (Å²) in [6, 6.07) is 27.0. The molecule has 160 valence electrons. The molecule has 4 rings (SSSR count). The standard InChI is InChI=1S/C30H35N/c1-4-10-26(23(2)3)21-25-18-16-24(17-19-25)11-9-20-31-29-14-7-5-12-27(29)22-28-13-6-8-15-30(28)31/h5-8,12-19,26H,2,4,9-11,20-22H2,1,3H3. The van der Waals surface area contributed by atoms with Crippen molar-refractivity contribution in [2.24, 2.45) is 5.92 Å². The van der Waals surface area contributed by atoms with E-state index in [1.165, 1.54) is 52.0 Å². The van der Waals surface area contributed by atoms with Crippen LogP contribution in [0.3, 0.4) is 0 Å². The van der Waals surface area contributed by atoms with Crippen molar-refractivity contribution >= 4 is 11.4 Å². The van der Waals surface area contributed by atoms with E-state index < -0.39 is 0 Å². The lowest BCUT2D eigenvalue weighted by Crippen LogP contribution is -2.24. The summed E-state index contributed by atoms with van der Waals surface area (Å²) in [7, 11) is 0. The summed E-state index contributed by atoms with van der Waals surface area (Å²) in [5, 5.41) is 0. The molecule has 0 radical (unpaired) electrons. The van der Waals surface area contributed by atoms with Crippen molar-refractivity contribution < 1.29 is 0 Å². The number of hydrogen-bond donors (Lipinski definition) is 0. The van der Waals surface area contributed by atoms with Crippen LogP contribution in [0.2, 0.25) is 0 Å². The van der Waals surface area contributed by atoms with Gasteiger partial charge in [-0.3, -0.25) is 0 Å². The fourth-order valence-electron chi connectivity index (χ4n) is 4.86. The van der Waals surface area contributed by atoms with Gasteiger partial charge in [-0.05, 0) is 72.9 Å². The van der Waals surface area contributed by atoms with Gasteiger partial charge in [0, 0.05) is 24.3 Å². The van der Waals surface area contributed by atoms with Crippen LogP contribution in [0.4, 0.5) is 11.4 Å². The zero-order valence-corrected chi connectivity index (χ0v) is 19.1. The SMILES string of the molecule is C=C(C)C(CCC)Cc1ccc(CCCN2c3ccccc3Cc3ccccc32)cc1. The van der Waals surface area contributed by atoms with E-state index in [4.69, 9.17) is 0 Å². The average Bonchev–Trinajstić information content (AvgIpc) is 2.79. The molecule has 0 saturated heterocycles. The zero-order chi connectivity index (χ0) is 21.6. The molecule has 0 N–H and O–H groups in total. The number of benzene rings is 3. The highest BCUT2D eigenvalue weighted by Gasteiger charge is 2.21. The normalized spacial score (nSPS) is 13.4. The molecule has 3 aromatic carbocycles. The first kappa shape index (κ1) is 21.4. The molecule has 1 unspecified atom stereocenters. The molecule has 31 heavy (non-hydrogen) atoms. The second kappa shape index (κ2) is 10.0. The Bertz CT molecular complexity index is 969. The Labute approximate surface area is 188 Å². The van der Waals surface area contributed by atoms with Crippen molar-refractivity contribution in [1.29, 1.82) is 0 Å². The molecule has 0 saturated carbocycles. The highest BCUT2D eigenvalue weighted by atomic mass is 15.1. The summed E-state index contributed by atoms with van der Waals surface area (Å²) in [4.78, 5) is 2.52. The minimum absolute atomic E-state index is 0.607. The lowest BCUT2D eigenvalue weighted by molar-refractivity contribution is 0.549. The molecule has 0 spiro atoms. The smallest absolute Gasteiger partial charge is 0.0446 e. The van der Waals surface area contributed by atoms with E-state index in [1.807, 2.05) is 0 Å². The summed E-state index contributed by atoms with van der Waals surface area (Å²) < 4.78 is 0. The van der Waals surface area contributed by atoms with Crippen LogP contribution in [-0.2, 0) is 19.3 Å². The molecule has 0 amide bonds. The third kappa shape index (κ3) is 5.10. The van der Waals surface area contributed by atoms with Gasteiger partial charge in [-0.1, -0.05) is 86.2 Å². The Balaban J connectivity index is 1.39. The van der Waals surface area contributed by atoms with Crippen molar-refractivity contribution in [3.63, 3.8) is 0 Å². The summed E-state index contributed by atoms with van der Waals surface area (Å²) in [6.45, 7) is 9.68. The Hall–Kier alpha value is -2.80. The maximum absolute atomic E-state index is 4.20. The molecule has 1 aliphatic rings. The van der Waals surface area contributed by atoms with Gasteiger partial charge in [0.25, 0.3) is 0 Å². The summed E-state index contributed by atoms with van der Waals surface area (Å²) in [5.41, 5.74) is 9.80. The highest BCUT2D eigenvalue weighted by Crippen LogP contribution is 2.38. The zero-order valence-electron chi connectivity index (χ0n) is 19.1. The maximum atomic E-state index is 4.20. The first-order valence-electron chi connectivity index (χ1n) is 11.8. The predicted octanol–water partition coefficient (Wildman–Crippen LogP) is 7.90. The number of allylic oxidation sites excluding steroid dienone is 1. The molecule has 3 aromatic rings. The first-order chi connectivity index (χ1) is 15.2. The largest absolute Gasteiger partial charge is 0.341 e. The lowest BCUT2D eigenvalue weighted by Gasteiger charge is -2.33. The summed E-state index contributed by atoms with van der Waals surface area (Å²) >= 11 is 0. The van der Waals surface area contributed by atoms with Crippen molar-refractivity contribution in [2.75, 3.05) is 11.4 Å². The van der Waals surface area contributed by atoms with Crippen LogP contribution in [0.15, 0.2) is 84.9 Å². The van der Waals surface area contributed by atoms with E-state index >= 15 is 0 Å². The molecule has 1 aliphatic heterocycles. The highest BCUT2D eigenvalue weighted by molar-refractivity contribution is 5.74. The number of aryl methyl sites for hydroxylation is 1. The molecule has 1 atom stereocenters. The number of rotatable bonds is 9. The number of nitrogens with zero attached hydrogens (tertiary/aromatic N) is 1. The van der Waals surface area contributed by atoms with Crippen molar-refractivity contribution in [1.82, 2.24) is 0 Å². The van der Waals surface area contributed by atoms with Gasteiger partial charge in [-0.25, -0.2) is 0 Å². The van der Waals surface area contributed by atoms with E-state index in [-0.39, 0.29) is 0 Å². The van der Waals surface area contributed by atoms with E-state index in [0.717, 1.165) is 32.2 Å². The third-order valence-electron chi connectivity index (χ3n) is 6.63. The van der Waals surface area contributed by atoms with Crippen LogP contribution >= 0.6 is 0 Å². The van der Waals surface area contributed by atoms with Gasteiger partial charge in [0.1, 0.15) is 0 Å². The Morgan fingerprint density at radius 1 is 0.871 bits per heavy atom. The molecule has 1 heterocycles. The molecule has 1 nitrogen and oxygen atoms in total. The Morgan fingerprint density at radius 3 is 2.03 bits per heavy atom. The maximum Gasteiger partial charge on any atom is 0.0446 e. The average molecular weight is 410 g/mol. The fraction of sp³-hybridized carbons (Fsp3) is 0.333. The third-order valence-corrected chi connectivity index (χ3v) is 6.63. The topological polar surface area (TPSA) is 3.24 Å². The van der Waals surface area contributed by atoms with Crippen LogP contribution in [0.5, 0.6) is 0 Å². The minimum atomic E-state index is 0.607. The summed E-state index contributed by atoms with van der Waals surface area (Å²) in [6.07, 6.45) is 6.86. The van der Waals surface area contributed by atoms with Gasteiger partial charge in [-0.15, -0.1) is 0 Å². The van der Waals surface area contributed by atoms with Crippen molar-refractivity contribution in [3.05, 3.63) is 107 Å². The van der Waals surface area contributed by atoms with E-state index in [9.17, 15) is 0 Å². The Kier molecular flexibility index (Phi) is 6.92. The van der Waals surface area contributed by atoms with Gasteiger partial charge in [-0.2, -0.15) is 0 Å². The number of anilines is 2. The van der Waals surface area contributed by atoms with Crippen LogP contribution < -0.4 is 4.90 Å². The van der Waals surface area contributed by atoms with Crippen molar-refractivity contribution in [2.45, 2.75) is 52.4 Å². The number of hydrogen-bond acceptors (Lipinski definition) is 1. The number of para-hydroxylation sites is 2. The second-order valence-corrected chi connectivity index (χ2v) is 9.04. The quantitative estimate of drug-likeness (QED) is 0.325. The van der Waals surface area contributed by atoms with Crippen LogP contribution in [-0.4, -0.2) is 6.54 Å². The molecule has 1 heteroatoms. The lowest BCUT2D eigenvalue weighted by atomic mass is 9.89. The van der Waals surface area contributed by atoms with Crippen LogP contribution in [0.25, 0.3) is 0 Å². The molecule has 0 aliphatic carbocycles. The van der Waals surface area contributed by atoms with Crippen molar-refractivity contribution in [3.8, 4) is 0 Å². The van der Waals surface area contributed by atoms with Gasteiger partial charge < -0.3 is 4.90 Å². The monoisotopic (exact) mass is 409 g/mol. The van der Waals surface area contributed by atoms with E-state index in [0.29, 0.717) is 5.92 Å². The Morgan fingerprint density at radius 2 is 1.45 bits per heavy atom. The minimum Gasteiger partial charge on any atom is -0.341 e. The van der Waals surface area contributed by atoms with Crippen LogP contribution in [0.1, 0.15) is 55.4 Å². The molecule has 0 aromatic heterocycles. The molecular formula is C30H35N. The molecular weight excluding hydrogens is 374 g/mol. The van der Waals surface area contributed by atoms with Crippen LogP contribution in [0, 0.1) is 5.92 Å². The summed E-state index contributed by atoms with van der Waals surface area (Å²) in [5.74, 6) is 0.607. The van der Waals surface area contributed by atoms with E-state index in [2.05, 4.69) is 98.1 Å². The fourth-order valence-corrected chi connectivity index (χ4v) is 4.86. The molecule has 0 fully saturated rings. The van der Waals surface area contributed by atoms with Gasteiger partial charge in [0.2, 0.25) is 0 Å². The predicted molar refractivity (Wildman–Crippen MR) is 134 cm³/mol. The van der Waals surface area contributed by atoms with Gasteiger partial charge in [0.15, 0.2) is 0 Å².